The molecule has 0 radical (unpaired) electrons. The fraction of sp³-hybridized carbons (Fsp3) is 0.348. The third-order valence-corrected chi connectivity index (χ3v) is 6.34. The van der Waals surface area contributed by atoms with Crippen molar-refractivity contribution in [1.29, 1.82) is 0 Å². The molecule has 1 heterocycles. The normalized spacial score (nSPS) is 21.1. The van der Waals surface area contributed by atoms with Gasteiger partial charge < -0.3 is 10.0 Å². The van der Waals surface area contributed by atoms with Crippen LogP contribution >= 0.6 is 11.6 Å². The first-order chi connectivity index (χ1) is 14.3. The zero-order valence-corrected chi connectivity index (χ0v) is 17.0. The zero-order chi connectivity index (χ0) is 21.5. The summed E-state index contributed by atoms with van der Waals surface area (Å²) in [5, 5.41) is 11.0. The van der Waals surface area contributed by atoms with Gasteiger partial charge >= 0.3 is 0 Å². The molecule has 0 aromatic heterocycles. The molecule has 1 atom stereocenters. The highest BCUT2D eigenvalue weighted by molar-refractivity contribution is 6.31. The van der Waals surface area contributed by atoms with Crippen molar-refractivity contribution in [2.24, 2.45) is 0 Å². The number of hydrogen-bond acceptors (Lipinski definition) is 4. The second-order valence-corrected chi connectivity index (χ2v) is 8.27. The standard InChI is InChI=1S/C23H21ClFNO4/c24-19-2-1-3-20(25)18(19)8-9-21(28)23(30)10-11-26(22(23)29)16-6-4-15-13-17(27)7-5-14(15)12-16/h1-4,6,12,30H,5,7-11,13H2/t23-/m0/s1. The molecule has 4 rings (SSSR count). The van der Waals surface area contributed by atoms with Crippen LogP contribution in [0, 0.1) is 5.82 Å². The summed E-state index contributed by atoms with van der Waals surface area (Å²) < 4.78 is 13.9. The Morgan fingerprint density at radius 2 is 1.97 bits per heavy atom. The minimum absolute atomic E-state index is 0.00675. The first kappa shape index (κ1) is 20.7. The van der Waals surface area contributed by atoms with Crippen LogP contribution in [-0.4, -0.2) is 34.7 Å². The Bertz CT molecular complexity index is 1030. The lowest BCUT2D eigenvalue weighted by Gasteiger charge is -2.23. The van der Waals surface area contributed by atoms with Crippen molar-refractivity contribution in [2.75, 3.05) is 11.4 Å². The van der Waals surface area contributed by atoms with Gasteiger partial charge in [0.2, 0.25) is 5.60 Å². The molecule has 2 aromatic rings. The number of carbonyl (C=O) groups excluding carboxylic acids is 3. The molecule has 2 aliphatic rings. The molecule has 1 N–H and O–H groups in total. The molecule has 1 aliphatic heterocycles. The number of amides is 1. The van der Waals surface area contributed by atoms with Crippen LogP contribution in [0.3, 0.4) is 0 Å². The van der Waals surface area contributed by atoms with Gasteiger partial charge in [0.1, 0.15) is 11.6 Å². The number of aliphatic hydroxyl groups is 1. The summed E-state index contributed by atoms with van der Waals surface area (Å²) in [4.78, 5) is 38.7. The highest BCUT2D eigenvalue weighted by Gasteiger charge is 2.51. The number of fused-ring (bicyclic) bond motifs is 1. The van der Waals surface area contributed by atoms with E-state index >= 15 is 0 Å². The molecular formula is C23H21ClFNO4. The first-order valence-electron chi connectivity index (χ1n) is 9.93. The van der Waals surface area contributed by atoms with Crippen LogP contribution in [0.4, 0.5) is 10.1 Å². The van der Waals surface area contributed by atoms with Crippen LogP contribution in [0.25, 0.3) is 0 Å². The predicted octanol–water partition coefficient (Wildman–Crippen LogP) is 3.21. The number of benzene rings is 2. The molecule has 1 amide bonds. The van der Waals surface area contributed by atoms with Gasteiger partial charge in [0.05, 0.1) is 0 Å². The van der Waals surface area contributed by atoms with E-state index in [1.807, 2.05) is 12.1 Å². The van der Waals surface area contributed by atoms with Crippen LogP contribution in [0.15, 0.2) is 36.4 Å². The van der Waals surface area contributed by atoms with Crippen LogP contribution in [0.1, 0.15) is 36.0 Å². The Hall–Kier alpha value is -2.57. The molecule has 30 heavy (non-hydrogen) atoms. The number of hydrogen-bond donors (Lipinski definition) is 1. The minimum Gasteiger partial charge on any atom is -0.373 e. The fourth-order valence-electron chi connectivity index (χ4n) is 4.19. The Balaban J connectivity index is 1.49. The summed E-state index contributed by atoms with van der Waals surface area (Å²) in [5.41, 5.74) is 0.645. The van der Waals surface area contributed by atoms with Crippen molar-refractivity contribution in [2.45, 2.75) is 44.1 Å². The summed E-state index contributed by atoms with van der Waals surface area (Å²) in [6, 6.07) is 9.69. The lowest BCUT2D eigenvalue weighted by molar-refractivity contribution is -0.147. The topological polar surface area (TPSA) is 74.7 Å². The zero-order valence-electron chi connectivity index (χ0n) is 16.3. The van der Waals surface area contributed by atoms with Gasteiger partial charge in [-0.25, -0.2) is 4.39 Å². The Labute approximate surface area is 178 Å². The van der Waals surface area contributed by atoms with Crippen LogP contribution in [0.2, 0.25) is 5.02 Å². The molecule has 7 heteroatoms. The number of halogens is 2. The van der Waals surface area contributed by atoms with Crippen LogP contribution in [-0.2, 0) is 33.6 Å². The van der Waals surface area contributed by atoms with Crippen molar-refractivity contribution in [1.82, 2.24) is 0 Å². The largest absolute Gasteiger partial charge is 0.373 e. The van der Waals surface area contributed by atoms with Crippen molar-refractivity contribution < 1.29 is 23.9 Å². The van der Waals surface area contributed by atoms with Gasteiger partial charge in [0.15, 0.2) is 5.78 Å². The lowest BCUT2D eigenvalue weighted by atomic mass is 9.90. The van der Waals surface area contributed by atoms with E-state index in [-0.39, 0.29) is 42.2 Å². The number of nitrogens with zero attached hydrogens (tertiary/aromatic N) is 1. The molecule has 5 nitrogen and oxygen atoms in total. The SMILES string of the molecule is O=C1CCc2cc(N3CC[C@](O)(C(=O)CCc4c(F)cccc4Cl)C3=O)ccc2C1. The van der Waals surface area contributed by atoms with E-state index < -0.39 is 23.1 Å². The average molecular weight is 430 g/mol. The third-order valence-electron chi connectivity index (χ3n) is 5.98. The summed E-state index contributed by atoms with van der Waals surface area (Å²) >= 11 is 6.00. The molecular weight excluding hydrogens is 409 g/mol. The maximum Gasteiger partial charge on any atom is 0.266 e. The molecule has 1 fully saturated rings. The number of anilines is 1. The summed E-state index contributed by atoms with van der Waals surface area (Å²) in [6.07, 6.45) is 1.29. The molecule has 1 saturated heterocycles. The number of Topliss-reactive ketones (excluding diaryl/α,β-unsaturated/α-hetero) is 2. The van der Waals surface area contributed by atoms with E-state index in [0.717, 1.165) is 11.1 Å². The molecule has 0 spiro atoms. The quantitative estimate of drug-likeness (QED) is 0.740. The van der Waals surface area contributed by atoms with Gasteiger partial charge in [-0.2, -0.15) is 0 Å². The lowest BCUT2D eigenvalue weighted by Crippen LogP contribution is -2.47. The van der Waals surface area contributed by atoms with Crippen LogP contribution in [0.5, 0.6) is 0 Å². The van der Waals surface area contributed by atoms with E-state index in [2.05, 4.69) is 0 Å². The van der Waals surface area contributed by atoms with Gasteiger partial charge in [0, 0.05) is 48.5 Å². The van der Waals surface area contributed by atoms with Crippen molar-refractivity contribution in [3.8, 4) is 0 Å². The highest BCUT2D eigenvalue weighted by Crippen LogP contribution is 2.33. The summed E-state index contributed by atoms with van der Waals surface area (Å²) in [5.74, 6) is -1.63. The van der Waals surface area contributed by atoms with Crippen LogP contribution < -0.4 is 4.90 Å². The van der Waals surface area contributed by atoms with E-state index in [1.165, 1.54) is 23.1 Å². The maximum absolute atomic E-state index is 13.9. The van der Waals surface area contributed by atoms with Crippen molar-refractivity contribution in [3.63, 3.8) is 0 Å². The third kappa shape index (κ3) is 3.66. The van der Waals surface area contributed by atoms with Gasteiger partial charge in [-0.1, -0.05) is 23.7 Å². The van der Waals surface area contributed by atoms with Gasteiger partial charge in [0.25, 0.3) is 5.91 Å². The van der Waals surface area contributed by atoms with Crippen molar-refractivity contribution in [3.05, 3.63) is 63.9 Å². The van der Waals surface area contributed by atoms with Gasteiger partial charge in [-0.15, -0.1) is 0 Å². The van der Waals surface area contributed by atoms with Gasteiger partial charge in [-0.3, -0.25) is 14.4 Å². The minimum atomic E-state index is -2.12. The smallest absolute Gasteiger partial charge is 0.266 e. The molecule has 1 aliphatic carbocycles. The number of aryl methyl sites for hydroxylation is 1. The van der Waals surface area contributed by atoms with E-state index in [4.69, 9.17) is 11.6 Å². The fourth-order valence-corrected chi connectivity index (χ4v) is 4.44. The number of ketones is 2. The first-order valence-corrected chi connectivity index (χ1v) is 10.3. The number of rotatable bonds is 5. The molecule has 0 bridgehead atoms. The Morgan fingerprint density at radius 3 is 2.73 bits per heavy atom. The second kappa shape index (κ2) is 7.93. The molecule has 0 unspecified atom stereocenters. The number of carbonyl (C=O) groups is 3. The monoisotopic (exact) mass is 429 g/mol. The van der Waals surface area contributed by atoms with E-state index in [0.29, 0.717) is 24.9 Å². The average Bonchev–Trinajstić information content (AvgIpc) is 3.03. The summed E-state index contributed by atoms with van der Waals surface area (Å²) in [6.45, 7) is 0.208. The summed E-state index contributed by atoms with van der Waals surface area (Å²) in [7, 11) is 0. The Kier molecular flexibility index (Phi) is 5.47. The Morgan fingerprint density at radius 1 is 1.17 bits per heavy atom. The highest BCUT2D eigenvalue weighted by atomic mass is 35.5. The van der Waals surface area contributed by atoms with Crippen molar-refractivity contribution >= 4 is 34.8 Å². The van der Waals surface area contributed by atoms with Gasteiger partial charge in [-0.05, 0) is 48.2 Å². The van der Waals surface area contributed by atoms with E-state index in [1.54, 1.807) is 6.07 Å². The van der Waals surface area contributed by atoms with E-state index in [9.17, 15) is 23.9 Å². The molecule has 156 valence electrons. The predicted molar refractivity (Wildman–Crippen MR) is 110 cm³/mol. The maximum atomic E-state index is 13.9. The second-order valence-electron chi connectivity index (χ2n) is 7.86. The molecule has 0 saturated carbocycles. The molecule has 2 aromatic carbocycles.